The molecule has 9 heteroatoms. The van der Waals surface area contributed by atoms with E-state index >= 15 is 0 Å². The lowest BCUT2D eigenvalue weighted by Gasteiger charge is -2.37. The summed E-state index contributed by atoms with van der Waals surface area (Å²) in [5.41, 5.74) is 0.169. The number of likely N-dealkylation sites (N-methyl/N-ethyl adjacent to an activating group) is 1. The van der Waals surface area contributed by atoms with Gasteiger partial charge < -0.3 is 4.90 Å². The van der Waals surface area contributed by atoms with E-state index in [0.29, 0.717) is 16.4 Å². The number of hydrogen-bond donors (Lipinski definition) is 0. The van der Waals surface area contributed by atoms with Gasteiger partial charge in [-0.2, -0.15) is 4.31 Å². The maximum absolute atomic E-state index is 13.9. The SMILES string of the molecule is CN(C1CCCN(c2nc3c(F)cc(F)cc3s2)C1)S(=O)(=O)C1CC1. The van der Waals surface area contributed by atoms with Crippen LogP contribution < -0.4 is 4.90 Å². The van der Waals surface area contributed by atoms with Crippen LogP contribution in [0, 0.1) is 11.6 Å². The maximum Gasteiger partial charge on any atom is 0.217 e. The molecule has 0 spiro atoms. The van der Waals surface area contributed by atoms with E-state index in [4.69, 9.17) is 0 Å². The molecule has 0 radical (unpaired) electrons. The highest BCUT2D eigenvalue weighted by molar-refractivity contribution is 7.90. The molecule has 2 heterocycles. The highest BCUT2D eigenvalue weighted by atomic mass is 32.2. The zero-order valence-electron chi connectivity index (χ0n) is 13.8. The molecule has 0 bridgehead atoms. The summed E-state index contributed by atoms with van der Waals surface area (Å²) in [6.45, 7) is 1.25. The minimum absolute atomic E-state index is 0.118. The Balaban J connectivity index is 1.58. The Kier molecular flexibility index (Phi) is 4.20. The standard InChI is InChI=1S/C16H19F2N3O2S2/c1-20(25(22,23)12-4-5-12)11-3-2-6-21(9-11)16-19-15-13(18)7-10(17)8-14(15)24-16/h7-8,11-12H,2-6,9H2,1H3. The van der Waals surface area contributed by atoms with Crippen molar-refractivity contribution in [1.82, 2.24) is 9.29 Å². The second-order valence-corrected chi connectivity index (χ2v) is 10.0. The molecule has 2 aliphatic rings. The molecule has 1 saturated heterocycles. The Bertz CT molecular complexity index is 911. The zero-order chi connectivity index (χ0) is 17.8. The fraction of sp³-hybridized carbons (Fsp3) is 0.562. The number of sulfonamides is 1. The van der Waals surface area contributed by atoms with Crippen molar-refractivity contribution in [2.45, 2.75) is 37.0 Å². The van der Waals surface area contributed by atoms with Crippen molar-refractivity contribution in [1.29, 1.82) is 0 Å². The summed E-state index contributed by atoms with van der Waals surface area (Å²) in [5.74, 6) is -1.29. The van der Waals surface area contributed by atoms with Crippen LogP contribution in [-0.2, 0) is 10.0 Å². The van der Waals surface area contributed by atoms with Crippen molar-refractivity contribution in [3.05, 3.63) is 23.8 Å². The van der Waals surface area contributed by atoms with E-state index < -0.39 is 21.7 Å². The van der Waals surface area contributed by atoms with Gasteiger partial charge in [-0.25, -0.2) is 22.2 Å². The summed E-state index contributed by atoms with van der Waals surface area (Å²) in [5, 5.41) is 0.383. The van der Waals surface area contributed by atoms with Crippen LogP contribution in [0.3, 0.4) is 0 Å². The summed E-state index contributed by atoms with van der Waals surface area (Å²) in [6, 6.07) is 2.00. The topological polar surface area (TPSA) is 53.5 Å². The number of piperidine rings is 1. The molecule has 2 aromatic rings. The second kappa shape index (κ2) is 6.14. The predicted molar refractivity (Wildman–Crippen MR) is 94.5 cm³/mol. The summed E-state index contributed by atoms with van der Waals surface area (Å²) in [7, 11) is -1.58. The van der Waals surface area contributed by atoms with Crippen LogP contribution in [0.2, 0.25) is 0 Å². The zero-order valence-corrected chi connectivity index (χ0v) is 15.4. The fourth-order valence-corrected chi connectivity index (χ4v) is 6.14. The third-order valence-electron chi connectivity index (χ3n) is 4.93. The lowest BCUT2D eigenvalue weighted by atomic mass is 10.1. The number of thiazole rings is 1. The number of benzene rings is 1. The number of aromatic nitrogens is 1. The molecule has 4 rings (SSSR count). The van der Waals surface area contributed by atoms with Gasteiger partial charge in [-0.05, 0) is 31.7 Å². The van der Waals surface area contributed by atoms with E-state index in [1.54, 1.807) is 7.05 Å². The summed E-state index contributed by atoms with van der Waals surface area (Å²) in [4.78, 5) is 6.30. The molecule has 136 valence electrons. The maximum atomic E-state index is 13.9. The molecule has 2 fully saturated rings. The molecular weight excluding hydrogens is 368 g/mol. The first-order valence-corrected chi connectivity index (χ1v) is 10.7. The Morgan fingerprint density at radius 2 is 2.04 bits per heavy atom. The second-order valence-electron chi connectivity index (χ2n) is 6.73. The molecule has 5 nitrogen and oxygen atoms in total. The summed E-state index contributed by atoms with van der Waals surface area (Å²) < 4.78 is 54.2. The summed E-state index contributed by atoms with van der Waals surface area (Å²) in [6.07, 6.45) is 3.12. The van der Waals surface area contributed by atoms with Gasteiger partial charge in [0.05, 0.1) is 9.95 Å². The van der Waals surface area contributed by atoms with Crippen molar-refractivity contribution in [2.24, 2.45) is 0 Å². The largest absolute Gasteiger partial charge is 0.346 e. The highest BCUT2D eigenvalue weighted by Crippen LogP contribution is 2.35. The van der Waals surface area contributed by atoms with E-state index in [9.17, 15) is 17.2 Å². The molecule has 1 unspecified atom stereocenters. The van der Waals surface area contributed by atoms with E-state index in [0.717, 1.165) is 38.3 Å². The van der Waals surface area contributed by atoms with Gasteiger partial charge >= 0.3 is 0 Å². The number of rotatable bonds is 4. The van der Waals surface area contributed by atoms with Crippen LogP contribution in [-0.4, -0.2) is 49.1 Å². The smallest absolute Gasteiger partial charge is 0.217 e. The average molecular weight is 387 g/mol. The van der Waals surface area contributed by atoms with Crippen LogP contribution in [0.25, 0.3) is 10.2 Å². The van der Waals surface area contributed by atoms with Crippen molar-refractivity contribution >= 4 is 36.7 Å². The molecule has 1 aromatic carbocycles. The summed E-state index contributed by atoms with van der Waals surface area (Å²) >= 11 is 1.24. The molecule has 1 aliphatic heterocycles. The molecule has 1 aliphatic carbocycles. The average Bonchev–Trinajstić information content (AvgIpc) is 3.35. The molecule has 0 N–H and O–H groups in total. The van der Waals surface area contributed by atoms with Gasteiger partial charge in [-0.1, -0.05) is 11.3 Å². The third-order valence-corrected chi connectivity index (χ3v) is 8.41. The van der Waals surface area contributed by atoms with Crippen molar-refractivity contribution in [3.8, 4) is 0 Å². The highest BCUT2D eigenvalue weighted by Gasteiger charge is 2.42. The van der Waals surface area contributed by atoms with E-state index in [2.05, 4.69) is 4.98 Å². The van der Waals surface area contributed by atoms with Crippen LogP contribution in [0.5, 0.6) is 0 Å². The third kappa shape index (κ3) is 3.13. The van der Waals surface area contributed by atoms with Crippen LogP contribution >= 0.6 is 11.3 Å². The molecular formula is C16H19F2N3O2S2. The first-order chi connectivity index (χ1) is 11.9. The quantitative estimate of drug-likeness (QED) is 0.809. The van der Waals surface area contributed by atoms with Crippen LogP contribution in [0.4, 0.5) is 13.9 Å². The van der Waals surface area contributed by atoms with E-state index in [1.165, 1.54) is 21.7 Å². The number of halogens is 2. The minimum Gasteiger partial charge on any atom is -0.346 e. The first-order valence-electron chi connectivity index (χ1n) is 8.33. The van der Waals surface area contributed by atoms with Gasteiger partial charge in [-0.15, -0.1) is 0 Å². The molecule has 1 saturated carbocycles. The first kappa shape index (κ1) is 17.1. The monoisotopic (exact) mass is 387 g/mol. The van der Waals surface area contributed by atoms with Gasteiger partial charge in [0.15, 0.2) is 10.9 Å². The molecule has 0 amide bonds. The lowest BCUT2D eigenvalue weighted by Crippen LogP contribution is -2.49. The van der Waals surface area contributed by atoms with Gasteiger partial charge in [0.25, 0.3) is 0 Å². The normalized spacial score (nSPS) is 22.1. The van der Waals surface area contributed by atoms with Crippen LogP contribution in [0.1, 0.15) is 25.7 Å². The van der Waals surface area contributed by atoms with Gasteiger partial charge in [0, 0.05) is 32.2 Å². The predicted octanol–water partition coefficient (Wildman–Crippen LogP) is 2.97. The minimum atomic E-state index is -3.23. The van der Waals surface area contributed by atoms with Crippen LogP contribution in [0.15, 0.2) is 12.1 Å². The molecule has 25 heavy (non-hydrogen) atoms. The van der Waals surface area contributed by atoms with Gasteiger partial charge in [0.1, 0.15) is 11.3 Å². The van der Waals surface area contributed by atoms with Gasteiger partial charge in [0.2, 0.25) is 10.0 Å². The number of nitrogens with zero attached hydrogens (tertiary/aromatic N) is 3. The molecule has 1 aromatic heterocycles. The Hall–Kier alpha value is -1.32. The Morgan fingerprint density at radius 3 is 2.76 bits per heavy atom. The van der Waals surface area contributed by atoms with Crippen molar-refractivity contribution in [3.63, 3.8) is 0 Å². The molecule has 1 atom stereocenters. The fourth-order valence-electron chi connectivity index (χ4n) is 3.31. The Morgan fingerprint density at radius 1 is 1.28 bits per heavy atom. The van der Waals surface area contributed by atoms with Crippen molar-refractivity contribution in [2.75, 3.05) is 25.0 Å². The number of fused-ring (bicyclic) bond motifs is 1. The van der Waals surface area contributed by atoms with E-state index in [-0.39, 0.29) is 16.8 Å². The number of hydrogen-bond acceptors (Lipinski definition) is 5. The van der Waals surface area contributed by atoms with Gasteiger partial charge in [-0.3, -0.25) is 0 Å². The lowest BCUT2D eigenvalue weighted by molar-refractivity contribution is 0.320. The Labute approximate surface area is 149 Å². The number of anilines is 1. The van der Waals surface area contributed by atoms with Crippen molar-refractivity contribution < 1.29 is 17.2 Å². The van der Waals surface area contributed by atoms with E-state index in [1.807, 2.05) is 4.90 Å².